The van der Waals surface area contributed by atoms with Gasteiger partial charge in [-0.25, -0.2) is 8.78 Å². The molecule has 122 valence electrons. The highest BCUT2D eigenvalue weighted by atomic mass is 32.1. The second-order valence-electron chi connectivity index (χ2n) is 5.08. The zero-order valence-electron chi connectivity index (χ0n) is 12.5. The molecule has 0 atom stereocenters. The Kier molecular flexibility index (Phi) is 4.81. The van der Waals surface area contributed by atoms with Crippen LogP contribution < -0.4 is 10.6 Å². The van der Waals surface area contributed by atoms with Crippen LogP contribution in [0.25, 0.3) is 0 Å². The first kappa shape index (κ1) is 16.1. The van der Waals surface area contributed by atoms with Crippen molar-refractivity contribution >= 4 is 28.8 Å². The minimum Gasteiger partial charge on any atom is -0.332 e. The lowest BCUT2D eigenvalue weighted by atomic mass is 10.2. The van der Waals surface area contributed by atoms with Crippen molar-refractivity contribution in [2.45, 2.75) is 6.54 Å². The summed E-state index contributed by atoms with van der Waals surface area (Å²) in [5, 5.41) is 10.3. The molecule has 4 nitrogen and oxygen atoms in total. The van der Waals surface area contributed by atoms with Gasteiger partial charge in [-0.2, -0.15) is 5.10 Å². The van der Waals surface area contributed by atoms with Crippen LogP contribution in [0.5, 0.6) is 0 Å². The van der Waals surface area contributed by atoms with E-state index in [-0.39, 0.29) is 16.7 Å². The van der Waals surface area contributed by atoms with Crippen LogP contribution in [-0.2, 0) is 6.54 Å². The zero-order valence-corrected chi connectivity index (χ0v) is 13.4. The summed E-state index contributed by atoms with van der Waals surface area (Å²) >= 11 is 5.17. The average Bonchev–Trinajstić information content (AvgIpc) is 2.96. The summed E-state index contributed by atoms with van der Waals surface area (Å²) in [6.07, 6.45) is 1.72. The van der Waals surface area contributed by atoms with Crippen molar-refractivity contribution in [1.29, 1.82) is 0 Å². The van der Waals surface area contributed by atoms with Crippen molar-refractivity contribution in [3.8, 4) is 0 Å². The predicted octanol–water partition coefficient (Wildman–Crippen LogP) is 4.02. The number of aromatic nitrogens is 2. The Hall–Kier alpha value is -2.80. The number of anilines is 2. The fraction of sp³-hybridized carbons (Fsp3) is 0.0588. The van der Waals surface area contributed by atoms with Crippen LogP contribution >= 0.6 is 12.2 Å². The van der Waals surface area contributed by atoms with Crippen LogP contribution in [0.1, 0.15) is 5.56 Å². The molecule has 2 aromatic carbocycles. The van der Waals surface area contributed by atoms with Gasteiger partial charge in [0.2, 0.25) is 0 Å². The number of benzene rings is 2. The molecule has 24 heavy (non-hydrogen) atoms. The Morgan fingerprint density at radius 1 is 1.04 bits per heavy atom. The van der Waals surface area contributed by atoms with Gasteiger partial charge in [0.15, 0.2) is 10.9 Å². The molecule has 0 fully saturated rings. The first-order valence-corrected chi connectivity index (χ1v) is 7.61. The van der Waals surface area contributed by atoms with Crippen LogP contribution in [-0.4, -0.2) is 14.9 Å². The summed E-state index contributed by atoms with van der Waals surface area (Å²) < 4.78 is 28.4. The summed E-state index contributed by atoms with van der Waals surface area (Å²) in [7, 11) is 0. The molecule has 0 bridgehead atoms. The van der Waals surface area contributed by atoms with E-state index in [0.29, 0.717) is 23.6 Å². The van der Waals surface area contributed by atoms with Gasteiger partial charge in [-0.15, -0.1) is 0 Å². The summed E-state index contributed by atoms with van der Waals surface area (Å²) in [5.74, 6) is -0.108. The maximum atomic E-state index is 13.6. The first-order chi connectivity index (χ1) is 11.6. The van der Waals surface area contributed by atoms with E-state index in [1.807, 2.05) is 0 Å². The molecule has 0 aliphatic heterocycles. The molecule has 2 N–H and O–H groups in total. The standard InChI is InChI=1S/C17H14F2N4S/c18-13-5-3-6-14(10-13)20-17(24)21-16-8-9-23(22-16)11-12-4-1-2-7-15(12)19/h1-10H,11H2,(H2,20,21,22,24). The van der Waals surface area contributed by atoms with Gasteiger partial charge in [-0.1, -0.05) is 24.3 Å². The first-order valence-electron chi connectivity index (χ1n) is 7.20. The van der Waals surface area contributed by atoms with Gasteiger partial charge in [-0.3, -0.25) is 4.68 Å². The third kappa shape index (κ3) is 4.14. The molecule has 0 radical (unpaired) electrons. The molecule has 0 amide bonds. The van der Waals surface area contributed by atoms with Gasteiger partial charge in [0.25, 0.3) is 0 Å². The highest BCUT2D eigenvalue weighted by molar-refractivity contribution is 7.80. The number of hydrogen-bond acceptors (Lipinski definition) is 2. The minimum atomic E-state index is -0.350. The molecule has 0 aliphatic rings. The van der Waals surface area contributed by atoms with Gasteiger partial charge in [0, 0.05) is 23.5 Å². The maximum Gasteiger partial charge on any atom is 0.176 e. The molecule has 7 heteroatoms. The van der Waals surface area contributed by atoms with Gasteiger partial charge >= 0.3 is 0 Å². The van der Waals surface area contributed by atoms with Crippen LogP contribution in [0.15, 0.2) is 60.8 Å². The third-order valence-corrected chi connectivity index (χ3v) is 3.46. The highest BCUT2D eigenvalue weighted by Gasteiger charge is 2.05. The third-order valence-electron chi connectivity index (χ3n) is 3.25. The lowest BCUT2D eigenvalue weighted by Crippen LogP contribution is -2.19. The lowest BCUT2D eigenvalue weighted by molar-refractivity contribution is 0.586. The van der Waals surface area contributed by atoms with Crippen molar-refractivity contribution < 1.29 is 8.78 Å². The van der Waals surface area contributed by atoms with Gasteiger partial charge in [0.1, 0.15) is 11.6 Å². The van der Waals surface area contributed by atoms with E-state index in [1.165, 1.54) is 18.2 Å². The quantitative estimate of drug-likeness (QED) is 0.702. The molecule has 0 saturated carbocycles. The van der Waals surface area contributed by atoms with E-state index in [9.17, 15) is 8.78 Å². The van der Waals surface area contributed by atoms with Crippen molar-refractivity contribution in [2.24, 2.45) is 0 Å². The van der Waals surface area contributed by atoms with E-state index in [0.717, 1.165) is 0 Å². The molecule has 1 heterocycles. The molecular weight excluding hydrogens is 330 g/mol. The van der Waals surface area contributed by atoms with Gasteiger partial charge < -0.3 is 10.6 Å². The normalized spacial score (nSPS) is 10.4. The summed E-state index contributed by atoms with van der Waals surface area (Å²) in [4.78, 5) is 0. The minimum absolute atomic E-state index is 0.272. The zero-order chi connectivity index (χ0) is 16.9. The summed E-state index contributed by atoms with van der Waals surface area (Å²) in [6.45, 7) is 0.318. The largest absolute Gasteiger partial charge is 0.332 e. The van der Waals surface area contributed by atoms with E-state index >= 15 is 0 Å². The predicted molar refractivity (Wildman–Crippen MR) is 94.0 cm³/mol. The maximum absolute atomic E-state index is 13.6. The van der Waals surface area contributed by atoms with Crippen LogP contribution in [0.2, 0.25) is 0 Å². The number of rotatable bonds is 4. The van der Waals surface area contributed by atoms with E-state index < -0.39 is 0 Å². The Bertz CT molecular complexity index is 863. The van der Waals surface area contributed by atoms with Crippen LogP contribution in [0.3, 0.4) is 0 Å². The van der Waals surface area contributed by atoms with Crippen LogP contribution in [0, 0.1) is 11.6 Å². The Balaban J connectivity index is 1.61. The molecular formula is C17H14F2N4S. The van der Waals surface area contributed by atoms with Crippen molar-refractivity contribution in [3.63, 3.8) is 0 Å². The summed E-state index contributed by atoms with van der Waals surface area (Å²) in [6, 6.07) is 14.2. The number of nitrogens with one attached hydrogen (secondary N) is 2. The van der Waals surface area contributed by atoms with Crippen molar-refractivity contribution in [3.05, 3.63) is 78.0 Å². The second kappa shape index (κ2) is 7.18. The lowest BCUT2D eigenvalue weighted by Gasteiger charge is -2.08. The smallest absolute Gasteiger partial charge is 0.176 e. The van der Waals surface area contributed by atoms with Gasteiger partial charge in [-0.05, 0) is 36.5 Å². The summed E-state index contributed by atoms with van der Waals surface area (Å²) in [5.41, 5.74) is 1.09. The fourth-order valence-electron chi connectivity index (χ4n) is 2.16. The molecule has 3 aromatic rings. The highest BCUT2D eigenvalue weighted by Crippen LogP contribution is 2.12. The molecule has 0 aliphatic carbocycles. The van der Waals surface area contributed by atoms with E-state index in [1.54, 1.807) is 47.3 Å². The van der Waals surface area contributed by atoms with Gasteiger partial charge in [0.05, 0.1) is 6.54 Å². The van der Waals surface area contributed by atoms with Crippen LogP contribution in [0.4, 0.5) is 20.3 Å². The molecule has 0 spiro atoms. The SMILES string of the molecule is Fc1cccc(NC(=S)Nc2ccn(Cc3ccccc3F)n2)c1. The van der Waals surface area contributed by atoms with E-state index in [4.69, 9.17) is 12.2 Å². The number of hydrogen-bond donors (Lipinski definition) is 2. The molecule has 1 aromatic heterocycles. The number of nitrogens with zero attached hydrogens (tertiary/aromatic N) is 2. The van der Waals surface area contributed by atoms with Crippen molar-refractivity contribution in [1.82, 2.24) is 9.78 Å². The Labute approximate surface area is 143 Å². The fourth-order valence-corrected chi connectivity index (χ4v) is 2.38. The second-order valence-corrected chi connectivity index (χ2v) is 5.49. The number of halogens is 2. The van der Waals surface area contributed by atoms with E-state index in [2.05, 4.69) is 15.7 Å². The Morgan fingerprint density at radius 3 is 2.67 bits per heavy atom. The monoisotopic (exact) mass is 344 g/mol. The number of thiocarbonyl (C=S) groups is 1. The van der Waals surface area contributed by atoms with Crippen molar-refractivity contribution in [2.75, 3.05) is 10.6 Å². The Morgan fingerprint density at radius 2 is 1.88 bits per heavy atom. The topological polar surface area (TPSA) is 41.9 Å². The molecule has 0 unspecified atom stereocenters. The molecule has 0 saturated heterocycles. The molecule has 3 rings (SSSR count). The average molecular weight is 344 g/mol.